The van der Waals surface area contributed by atoms with Crippen molar-refractivity contribution in [1.82, 2.24) is 10.3 Å². The maximum absolute atomic E-state index is 13.0. The minimum Gasteiger partial charge on any atom is -0.480 e. The van der Waals surface area contributed by atoms with Gasteiger partial charge in [-0.2, -0.15) is 0 Å². The third-order valence-corrected chi connectivity index (χ3v) is 3.71. The van der Waals surface area contributed by atoms with E-state index in [1.165, 1.54) is 0 Å². The number of hydrogen-bond donors (Lipinski definition) is 2. The van der Waals surface area contributed by atoms with E-state index in [0.29, 0.717) is 0 Å². The van der Waals surface area contributed by atoms with E-state index in [9.17, 15) is 22.4 Å². The van der Waals surface area contributed by atoms with Crippen LogP contribution < -0.4 is 5.32 Å². The van der Waals surface area contributed by atoms with Crippen molar-refractivity contribution in [2.75, 3.05) is 12.0 Å². The van der Waals surface area contributed by atoms with Crippen molar-refractivity contribution in [3.63, 3.8) is 0 Å². The molecule has 1 atom stereocenters. The number of carbonyl (C=O) groups excluding carboxylic acids is 1. The van der Waals surface area contributed by atoms with Crippen LogP contribution in [0.25, 0.3) is 0 Å². The van der Waals surface area contributed by atoms with Crippen LogP contribution in [0.4, 0.5) is 4.39 Å². The summed E-state index contributed by atoms with van der Waals surface area (Å²) in [6, 6.07) is -0.633. The van der Waals surface area contributed by atoms with Crippen molar-refractivity contribution in [2.45, 2.75) is 12.5 Å². The molecule has 2 N–H and O–H groups in total. The number of halogens is 2. The van der Waals surface area contributed by atoms with Crippen molar-refractivity contribution in [1.29, 1.82) is 0 Å². The van der Waals surface area contributed by atoms with E-state index in [1.54, 1.807) is 0 Å². The molecule has 0 saturated heterocycles. The second kappa shape index (κ2) is 6.81. The highest BCUT2D eigenvalue weighted by Gasteiger charge is 2.23. The molecule has 0 spiro atoms. The van der Waals surface area contributed by atoms with Gasteiger partial charge in [-0.25, -0.2) is 22.6 Å². The monoisotopic (exact) mass is 338 g/mol. The molecule has 10 heteroatoms. The maximum atomic E-state index is 13.0. The van der Waals surface area contributed by atoms with E-state index in [4.69, 9.17) is 16.7 Å². The molecule has 1 rings (SSSR count). The van der Waals surface area contributed by atoms with E-state index in [2.05, 4.69) is 10.3 Å². The average molecular weight is 339 g/mol. The van der Waals surface area contributed by atoms with Crippen molar-refractivity contribution < 1.29 is 27.5 Å². The van der Waals surface area contributed by atoms with Gasteiger partial charge >= 0.3 is 5.97 Å². The van der Waals surface area contributed by atoms with Crippen LogP contribution in [0.5, 0.6) is 0 Å². The Balaban J connectivity index is 2.86. The molecule has 7 nitrogen and oxygen atoms in total. The Morgan fingerprint density at radius 3 is 2.67 bits per heavy atom. The predicted octanol–water partition coefficient (Wildman–Crippen LogP) is 0.492. The zero-order valence-electron chi connectivity index (χ0n) is 10.8. The molecular formula is C11H12ClFN2O5S. The van der Waals surface area contributed by atoms with E-state index in [-0.39, 0.29) is 17.1 Å². The fourth-order valence-corrected chi connectivity index (χ4v) is 2.26. The summed E-state index contributed by atoms with van der Waals surface area (Å²) in [6.45, 7) is 0. The predicted molar refractivity (Wildman–Crippen MR) is 72.4 cm³/mol. The third kappa shape index (κ3) is 5.64. The van der Waals surface area contributed by atoms with Crippen molar-refractivity contribution in [2.24, 2.45) is 0 Å². The standard InChI is InChI=1S/C11H12ClFN2O5S/c1-21(19,20)3-2-8(11(17)18)15-10(16)7-4-6(13)5-14-9(7)12/h4-5,8H,2-3H2,1H3,(H,15,16)(H,17,18). The Morgan fingerprint density at radius 1 is 1.52 bits per heavy atom. The third-order valence-electron chi connectivity index (χ3n) is 2.43. The van der Waals surface area contributed by atoms with Gasteiger partial charge in [0.2, 0.25) is 0 Å². The van der Waals surface area contributed by atoms with Gasteiger partial charge in [0.1, 0.15) is 26.8 Å². The van der Waals surface area contributed by atoms with E-state index in [0.717, 1.165) is 18.5 Å². The Hall–Kier alpha value is -1.74. The summed E-state index contributed by atoms with van der Waals surface area (Å²) in [5.41, 5.74) is -0.331. The summed E-state index contributed by atoms with van der Waals surface area (Å²) in [6.07, 6.45) is 1.43. The van der Waals surface area contributed by atoms with Crippen LogP contribution in [0.3, 0.4) is 0 Å². The Kier molecular flexibility index (Phi) is 5.62. The van der Waals surface area contributed by atoms with Gasteiger partial charge in [-0.3, -0.25) is 4.79 Å². The first kappa shape index (κ1) is 17.3. The minimum absolute atomic E-state index is 0.291. The highest BCUT2D eigenvalue weighted by atomic mass is 35.5. The number of nitrogens with zero attached hydrogens (tertiary/aromatic N) is 1. The lowest BCUT2D eigenvalue weighted by atomic mass is 10.2. The highest BCUT2D eigenvalue weighted by molar-refractivity contribution is 7.90. The van der Waals surface area contributed by atoms with Gasteiger partial charge in [0.15, 0.2) is 0 Å². The number of rotatable bonds is 6. The maximum Gasteiger partial charge on any atom is 0.326 e. The number of hydrogen-bond acceptors (Lipinski definition) is 5. The average Bonchev–Trinajstić information content (AvgIpc) is 2.35. The first-order valence-electron chi connectivity index (χ1n) is 5.62. The molecule has 0 saturated carbocycles. The van der Waals surface area contributed by atoms with Gasteiger partial charge in [-0.1, -0.05) is 11.6 Å². The summed E-state index contributed by atoms with van der Waals surface area (Å²) in [4.78, 5) is 26.3. The summed E-state index contributed by atoms with van der Waals surface area (Å²) in [5, 5.41) is 10.7. The Labute approximate surface area is 125 Å². The lowest BCUT2D eigenvalue weighted by Gasteiger charge is -2.14. The number of aromatic nitrogens is 1. The molecule has 1 unspecified atom stereocenters. The van der Waals surface area contributed by atoms with E-state index < -0.39 is 39.3 Å². The largest absolute Gasteiger partial charge is 0.480 e. The van der Waals surface area contributed by atoms with Crippen LogP contribution >= 0.6 is 11.6 Å². The lowest BCUT2D eigenvalue weighted by molar-refractivity contribution is -0.139. The second-order valence-corrected chi connectivity index (χ2v) is 6.89. The number of carboxylic acids is 1. The minimum atomic E-state index is -3.38. The van der Waals surface area contributed by atoms with Crippen LogP contribution in [0.15, 0.2) is 12.3 Å². The smallest absolute Gasteiger partial charge is 0.326 e. The van der Waals surface area contributed by atoms with Gasteiger partial charge in [0.05, 0.1) is 17.5 Å². The number of aliphatic carboxylic acids is 1. The van der Waals surface area contributed by atoms with Crippen LogP contribution in [-0.4, -0.2) is 48.4 Å². The van der Waals surface area contributed by atoms with Crippen LogP contribution in [0.2, 0.25) is 5.15 Å². The van der Waals surface area contributed by atoms with Crippen molar-refractivity contribution in [3.8, 4) is 0 Å². The van der Waals surface area contributed by atoms with E-state index >= 15 is 0 Å². The molecule has 0 radical (unpaired) electrons. The number of carbonyl (C=O) groups is 2. The first-order valence-corrected chi connectivity index (χ1v) is 8.06. The van der Waals surface area contributed by atoms with Crippen molar-refractivity contribution >= 4 is 33.3 Å². The number of sulfone groups is 1. The Bertz CT molecular complexity index is 665. The van der Waals surface area contributed by atoms with Gasteiger partial charge in [-0.15, -0.1) is 0 Å². The Morgan fingerprint density at radius 2 is 2.14 bits per heavy atom. The lowest BCUT2D eigenvalue weighted by Crippen LogP contribution is -2.42. The SMILES string of the molecule is CS(=O)(=O)CCC(NC(=O)c1cc(F)cnc1Cl)C(=O)O. The molecule has 1 heterocycles. The second-order valence-electron chi connectivity index (χ2n) is 4.27. The molecule has 0 aliphatic heterocycles. The van der Waals surface area contributed by atoms with Gasteiger partial charge < -0.3 is 10.4 Å². The molecular weight excluding hydrogens is 327 g/mol. The normalized spacial score (nSPS) is 12.7. The zero-order valence-corrected chi connectivity index (χ0v) is 12.4. The number of amides is 1. The van der Waals surface area contributed by atoms with Crippen molar-refractivity contribution in [3.05, 3.63) is 28.8 Å². The highest BCUT2D eigenvalue weighted by Crippen LogP contribution is 2.14. The van der Waals surface area contributed by atoms with Crippen LogP contribution in [-0.2, 0) is 14.6 Å². The summed E-state index contributed by atoms with van der Waals surface area (Å²) in [5.74, 6) is -3.59. The molecule has 0 aliphatic carbocycles. The van der Waals surface area contributed by atoms with E-state index in [1.807, 2.05) is 0 Å². The molecule has 21 heavy (non-hydrogen) atoms. The summed E-state index contributed by atoms with van der Waals surface area (Å²) < 4.78 is 35.1. The molecule has 1 aromatic rings. The molecule has 1 aromatic heterocycles. The first-order chi connectivity index (χ1) is 9.60. The topological polar surface area (TPSA) is 113 Å². The quantitative estimate of drug-likeness (QED) is 0.730. The fraction of sp³-hybridized carbons (Fsp3) is 0.364. The van der Waals surface area contributed by atoms with Gasteiger partial charge in [0.25, 0.3) is 5.91 Å². The van der Waals surface area contributed by atoms with Gasteiger partial charge in [-0.05, 0) is 12.5 Å². The molecule has 0 bridgehead atoms. The zero-order chi connectivity index (χ0) is 16.2. The summed E-state index contributed by atoms with van der Waals surface area (Å²) in [7, 11) is -3.38. The molecule has 0 fully saturated rings. The number of carboxylic acid groups (broad SMARTS) is 1. The van der Waals surface area contributed by atoms with Crippen LogP contribution in [0.1, 0.15) is 16.8 Å². The van der Waals surface area contributed by atoms with Crippen LogP contribution in [0, 0.1) is 5.82 Å². The fourth-order valence-electron chi connectivity index (χ4n) is 1.41. The molecule has 1 amide bonds. The summed E-state index contributed by atoms with van der Waals surface area (Å²) >= 11 is 5.62. The van der Waals surface area contributed by atoms with Gasteiger partial charge in [0, 0.05) is 6.26 Å². The molecule has 116 valence electrons. The molecule has 0 aromatic carbocycles. The molecule has 0 aliphatic rings. The number of pyridine rings is 1. The number of nitrogens with one attached hydrogen (secondary N) is 1.